The van der Waals surface area contributed by atoms with Crippen molar-refractivity contribution in [1.82, 2.24) is 14.7 Å². The fraction of sp³-hybridized carbons (Fsp3) is 0.714. The molecule has 104 valence electrons. The van der Waals surface area contributed by atoms with Gasteiger partial charge in [-0.3, -0.25) is 9.48 Å². The molecule has 0 unspecified atom stereocenters. The van der Waals surface area contributed by atoms with Crippen LogP contribution in [-0.2, 0) is 11.3 Å². The molecule has 2 aliphatic heterocycles. The summed E-state index contributed by atoms with van der Waals surface area (Å²) in [6.45, 7) is 8.31. The molecule has 1 aromatic heterocycles. The third-order valence-corrected chi connectivity index (χ3v) is 4.13. The first kappa shape index (κ1) is 12.7. The molecule has 0 saturated carbocycles. The maximum Gasteiger partial charge on any atom is 0.272 e. The number of rotatable bonds is 2. The van der Waals surface area contributed by atoms with Crippen LogP contribution in [0.1, 0.15) is 36.5 Å². The van der Waals surface area contributed by atoms with Gasteiger partial charge in [-0.1, -0.05) is 0 Å². The molecule has 2 fully saturated rings. The number of nitrogens with zero attached hydrogens (tertiary/aromatic N) is 3. The predicted octanol–water partition coefficient (Wildman–Crippen LogP) is 1.46. The molecule has 3 heterocycles. The fourth-order valence-corrected chi connectivity index (χ4v) is 3.29. The van der Waals surface area contributed by atoms with Gasteiger partial charge in [0.1, 0.15) is 5.69 Å². The van der Waals surface area contributed by atoms with Crippen LogP contribution in [0.25, 0.3) is 0 Å². The van der Waals surface area contributed by atoms with E-state index in [4.69, 9.17) is 4.74 Å². The lowest BCUT2D eigenvalue weighted by molar-refractivity contribution is 0.0439. The van der Waals surface area contributed by atoms with Gasteiger partial charge < -0.3 is 9.64 Å². The van der Waals surface area contributed by atoms with Crippen LogP contribution in [0.15, 0.2) is 6.07 Å². The first-order valence-corrected chi connectivity index (χ1v) is 7.07. The molecule has 2 saturated heterocycles. The molecule has 0 N–H and O–H groups in total. The van der Waals surface area contributed by atoms with E-state index in [1.54, 1.807) is 4.68 Å². The second-order valence-electron chi connectivity index (χ2n) is 5.68. The summed E-state index contributed by atoms with van der Waals surface area (Å²) in [5, 5.41) is 4.34. The van der Waals surface area contributed by atoms with E-state index in [0.29, 0.717) is 17.7 Å². The van der Waals surface area contributed by atoms with Gasteiger partial charge in [-0.25, -0.2) is 0 Å². The summed E-state index contributed by atoms with van der Waals surface area (Å²) in [7, 11) is 0. The smallest absolute Gasteiger partial charge is 0.272 e. The number of fused-ring (bicyclic) bond motifs is 1. The van der Waals surface area contributed by atoms with E-state index in [-0.39, 0.29) is 12.0 Å². The molecular weight excluding hydrogens is 242 g/mol. The molecule has 1 aromatic rings. The Morgan fingerprint density at radius 2 is 2.32 bits per heavy atom. The topological polar surface area (TPSA) is 47.4 Å². The van der Waals surface area contributed by atoms with Crippen molar-refractivity contribution in [3.05, 3.63) is 17.5 Å². The van der Waals surface area contributed by atoms with Gasteiger partial charge in [-0.2, -0.15) is 5.10 Å². The number of hydrogen-bond acceptors (Lipinski definition) is 3. The van der Waals surface area contributed by atoms with E-state index < -0.39 is 0 Å². The lowest BCUT2D eigenvalue weighted by Crippen LogP contribution is -2.32. The maximum atomic E-state index is 12.6. The van der Waals surface area contributed by atoms with E-state index in [0.717, 1.165) is 31.7 Å². The van der Waals surface area contributed by atoms with Gasteiger partial charge in [0.05, 0.1) is 17.9 Å². The minimum absolute atomic E-state index is 0.0908. The Morgan fingerprint density at radius 3 is 3.00 bits per heavy atom. The second kappa shape index (κ2) is 4.63. The van der Waals surface area contributed by atoms with Gasteiger partial charge in [-0.05, 0) is 33.3 Å². The van der Waals surface area contributed by atoms with Crippen LogP contribution in [0.3, 0.4) is 0 Å². The summed E-state index contributed by atoms with van der Waals surface area (Å²) in [6.07, 6.45) is 1.65. The van der Waals surface area contributed by atoms with Gasteiger partial charge in [0, 0.05) is 25.6 Å². The third kappa shape index (κ3) is 2.16. The standard InChI is InChI=1S/C14H21N3O2/c1-4-17-12(5-9(2)15-17)14(18)16-7-11-6-10(3)19-13(11)8-16/h5,10-11,13H,4,6-8H2,1-3H3/t10-,11+,13-/m1/s1. The first-order chi connectivity index (χ1) is 9.08. The molecule has 3 atom stereocenters. The Balaban J connectivity index is 1.75. The number of carbonyl (C=O) groups is 1. The van der Waals surface area contributed by atoms with Gasteiger partial charge >= 0.3 is 0 Å². The molecule has 1 amide bonds. The van der Waals surface area contributed by atoms with Crippen LogP contribution < -0.4 is 0 Å². The zero-order valence-corrected chi connectivity index (χ0v) is 11.8. The zero-order chi connectivity index (χ0) is 13.6. The van der Waals surface area contributed by atoms with E-state index in [2.05, 4.69) is 12.0 Å². The van der Waals surface area contributed by atoms with Crippen molar-refractivity contribution in [2.24, 2.45) is 5.92 Å². The Kier molecular flexibility index (Phi) is 3.09. The van der Waals surface area contributed by atoms with Crippen LogP contribution >= 0.6 is 0 Å². The van der Waals surface area contributed by atoms with E-state index in [1.165, 1.54) is 0 Å². The third-order valence-electron chi connectivity index (χ3n) is 4.13. The SMILES string of the molecule is CCn1nc(C)cc1C(=O)N1C[C@@H]2C[C@@H](C)O[C@@H]2C1. The number of likely N-dealkylation sites (tertiary alicyclic amines) is 1. The molecule has 3 rings (SSSR count). The second-order valence-corrected chi connectivity index (χ2v) is 5.68. The van der Waals surface area contributed by atoms with E-state index >= 15 is 0 Å². The average molecular weight is 263 g/mol. The van der Waals surface area contributed by atoms with Crippen LogP contribution in [0, 0.1) is 12.8 Å². The summed E-state index contributed by atoms with van der Waals surface area (Å²) in [4.78, 5) is 14.5. The highest BCUT2D eigenvalue weighted by molar-refractivity contribution is 5.93. The average Bonchev–Trinajstić information content (AvgIpc) is 3.00. The summed E-state index contributed by atoms with van der Waals surface area (Å²) >= 11 is 0. The highest BCUT2D eigenvalue weighted by Crippen LogP contribution is 2.33. The maximum absolute atomic E-state index is 12.6. The Hall–Kier alpha value is -1.36. The van der Waals surface area contributed by atoms with Crippen LogP contribution in [0.5, 0.6) is 0 Å². The summed E-state index contributed by atoms with van der Waals surface area (Å²) in [5.41, 5.74) is 1.60. The zero-order valence-electron chi connectivity index (χ0n) is 11.8. The monoisotopic (exact) mass is 263 g/mol. The Labute approximate surface area is 113 Å². The highest BCUT2D eigenvalue weighted by atomic mass is 16.5. The van der Waals surface area contributed by atoms with Gasteiger partial charge in [0.2, 0.25) is 0 Å². The fourth-order valence-electron chi connectivity index (χ4n) is 3.29. The molecule has 5 nitrogen and oxygen atoms in total. The molecule has 2 aliphatic rings. The van der Waals surface area contributed by atoms with Crippen molar-refractivity contribution in [3.8, 4) is 0 Å². The molecule has 0 aromatic carbocycles. The minimum Gasteiger partial charge on any atom is -0.373 e. The van der Waals surface area contributed by atoms with Crippen molar-refractivity contribution in [2.75, 3.05) is 13.1 Å². The quantitative estimate of drug-likeness (QED) is 0.811. The van der Waals surface area contributed by atoms with Crippen LogP contribution in [0.4, 0.5) is 0 Å². The molecule has 0 bridgehead atoms. The lowest BCUT2D eigenvalue weighted by Gasteiger charge is -2.18. The van der Waals surface area contributed by atoms with Gasteiger partial charge in [-0.15, -0.1) is 0 Å². The van der Waals surface area contributed by atoms with Crippen molar-refractivity contribution in [1.29, 1.82) is 0 Å². The van der Waals surface area contributed by atoms with E-state index in [9.17, 15) is 4.79 Å². The predicted molar refractivity (Wildman–Crippen MR) is 71.0 cm³/mol. The summed E-state index contributed by atoms with van der Waals surface area (Å²) in [5.74, 6) is 0.603. The van der Waals surface area contributed by atoms with Crippen LogP contribution in [0.2, 0.25) is 0 Å². The Morgan fingerprint density at radius 1 is 1.53 bits per heavy atom. The number of aromatic nitrogens is 2. The van der Waals surface area contributed by atoms with Gasteiger partial charge in [0.15, 0.2) is 0 Å². The first-order valence-electron chi connectivity index (χ1n) is 7.07. The molecular formula is C14H21N3O2. The van der Waals surface area contributed by atoms with Crippen molar-refractivity contribution in [2.45, 2.75) is 45.9 Å². The van der Waals surface area contributed by atoms with Crippen molar-refractivity contribution in [3.63, 3.8) is 0 Å². The molecule has 5 heteroatoms. The summed E-state index contributed by atoms with van der Waals surface area (Å²) in [6, 6.07) is 1.88. The van der Waals surface area contributed by atoms with E-state index in [1.807, 2.05) is 24.8 Å². The highest BCUT2D eigenvalue weighted by Gasteiger charge is 2.42. The van der Waals surface area contributed by atoms with Gasteiger partial charge in [0.25, 0.3) is 5.91 Å². The number of amides is 1. The Bertz CT molecular complexity index is 483. The molecule has 0 radical (unpaired) electrons. The molecule has 19 heavy (non-hydrogen) atoms. The number of ether oxygens (including phenoxy) is 1. The summed E-state index contributed by atoms with van der Waals surface area (Å²) < 4.78 is 7.63. The van der Waals surface area contributed by atoms with Crippen molar-refractivity contribution < 1.29 is 9.53 Å². The molecule has 0 spiro atoms. The number of hydrogen-bond donors (Lipinski definition) is 0. The van der Waals surface area contributed by atoms with Crippen molar-refractivity contribution >= 4 is 5.91 Å². The minimum atomic E-state index is 0.0908. The van der Waals surface area contributed by atoms with Crippen LogP contribution in [-0.4, -0.2) is 45.9 Å². The number of aryl methyl sites for hydroxylation is 2. The normalized spacial score (nSPS) is 29.8. The molecule has 0 aliphatic carbocycles. The number of carbonyl (C=O) groups excluding carboxylic acids is 1. The lowest BCUT2D eigenvalue weighted by atomic mass is 10.0. The largest absolute Gasteiger partial charge is 0.373 e.